The Balaban J connectivity index is 1.86. The molecule has 0 aliphatic carbocycles. The summed E-state index contributed by atoms with van der Waals surface area (Å²) < 4.78 is 39.5. The smallest absolute Gasteiger partial charge is 0.399 e. The number of rotatable bonds is 4. The van der Waals surface area contributed by atoms with Gasteiger partial charge in [0.15, 0.2) is 0 Å². The van der Waals surface area contributed by atoms with Gasteiger partial charge in [0.2, 0.25) is 0 Å². The van der Waals surface area contributed by atoms with Gasteiger partial charge in [-0.3, -0.25) is 4.79 Å². The van der Waals surface area contributed by atoms with Crippen molar-refractivity contribution in [2.45, 2.75) is 25.6 Å². The molecule has 8 heteroatoms. The number of alkyl halides is 3. The Bertz CT molecular complexity index is 924. The molecule has 1 aliphatic heterocycles. The standard InChI is InChI=1S/C21H21F3N2O3/c1-13-18(4-3-5-19(13)21(22,23)24)14-6-8-15(9-7-14)20(28)26-11-16(25-29-2)10-17(26)12-27/h3-9,17,27H,10-12H2,1-2H3/b25-16+/t17-/m0/s1. The summed E-state index contributed by atoms with van der Waals surface area (Å²) in [6.45, 7) is 1.49. The second kappa shape index (κ2) is 8.24. The van der Waals surface area contributed by atoms with Gasteiger partial charge in [-0.25, -0.2) is 0 Å². The van der Waals surface area contributed by atoms with Crippen LogP contribution in [0.3, 0.4) is 0 Å². The van der Waals surface area contributed by atoms with Crippen LogP contribution in [-0.4, -0.2) is 47.9 Å². The monoisotopic (exact) mass is 406 g/mol. The molecule has 1 N–H and O–H groups in total. The molecule has 0 bridgehead atoms. The van der Waals surface area contributed by atoms with Gasteiger partial charge in [-0.2, -0.15) is 13.2 Å². The van der Waals surface area contributed by atoms with Crippen LogP contribution < -0.4 is 0 Å². The summed E-state index contributed by atoms with van der Waals surface area (Å²) in [6.07, 6.45) is -4.00. The molecule has 29 heavy (non-hydrogen) atoms. The maximum atomic E-state index is 13.2. The van der Waals surface area contributed by atoms with Gasteiger partial charge < -0.3 is 14.8 Å². The Hall–Kier alpha value is -2.87. The third-order valence-corrected chi connectivity index (χ3v) is 5.04. The second-order valence-electron chi connectivity index (χ2n) is 6.87. The molecular weight excluding hydrogens is 385 g/mol. The number of hydrogen-bond acceptors (Lipinski definition) is 4. The van der Waals surface area contributed by atoms with Crippen molar-refractivity contribution in [3.05, 3.63) is 59.2 Å². The van der Waals surface area contributed by atoms with E-state index in [2.05, 4.69) is 5.16 Å². The number of aliphatic hydroxyl groups excluding tert-OH is 1. The maximum absolute atomic E-state index is 13.2. The quantitative estimate of drug-likeness (QED) is 0.784. The van der Waals surface area contributed by atoms with Crippen LogP contribution in [0.2, 0.25) is 0 Å². The van der Waals surface area contributed by atoms with Gasteiger partial charge in [0, 0.05) is 12.0 Å². The molecule has 5 nitrogen and oxygen atoms in total. The van der Waals surface area contributed by atoms with Crippen molar-refractivity contribution in [3.63, 3.8) is 0 Å². The molecule has 154 valence electrons. The van der Waals surface area contributed by atoms with Crippen LogP contribution in [0, 0.1) is 6.92 Å². The first-order chi connectivity index (χ1) is 13.8. The molecule has 1 heterocycles. The van der Waals surface area contributed by atoms with E-state index >= 15 is 0 Å². The van der Waals surface area contributed by atoms with Crippen molar-refractivity contribution in [1.82, 2.24) is 4.90 Å². The number of aliphatic hydroxyl groups is 1. The Labute approximate surface area is 166 Å². The minimum Gasteiger partial charge on any atom is -0.399 e. The zero-order valence-electron chi connectivity index (χ0n) is 16.0. The fraction of sp³-hybridized carbons (Fsp3) is 0.333. The summed E-state index contributed by atoms with van der Waals surface area (Å²) in [5.41, 5.74) is 1.56. The molecule has 0 radical (unpaired) electrons. The van der Waals surface area contributed by atoms with Crippen LogP contribution in [0.5, 0.6) is 0 Å². The van der Waals surface area contributed by atoms with Crippen molar-refractivity contribution in [2.75, 3.05) is 20.3 Å². The van der Waals surface area contributed by atoms with Crippen molar-refractivity contribution < 1.29 is 27.9 Å². The van der Waals surface area contributed by atoms with E-state index in [1.165, 1.54) is 25.0 Å². The Morgan fingerprint density at radius 3 is 2.52 bits per heavy atom. The van der Waals surface area contributed by atoms with E-state index in [1.54, 1.807) is 30.3 Å². The predicted molar refractivity (Wildman–Crippen MR) is 103 cm³/mol. The SMILES string of the molecule is CO/N=C1\C[C@@H](CO)N(C(=O)c2ccc(-c3cccc(C(F)(F)F)c3C)cc2)C1. The normalized spacial score (nSPS) is 18.3. The first kappa shape index (κ1) is 20.9. The maximum Gasteiger partial charge on any atom is 0.416 e. The summed E-state index contributed by atoms with van der Waals surface area (Å²) in [4.78, 5) is 19.1. The molecule has 0 spiro atoms. The molecule has 1 aliphatic rings. The molecule has 2 aromatic rings. The molecule has 0 aromatic heterocycles. The molecule has 1 atom stereocenters. The van der Waals surface area contributed by atoms with Crippen LogP contribution in [0.1, 0.15) is 27.9 Å². The number of benzene rings is 2. The highest BCUT2D eigenvalue weighted by molar-refractivity contribution is 6.00. The van der Waals surface area contributed by atoms with Gasteiger partial charge in [-0.05, 0) is 41.8 Å². The minimum absolute atomic E-state index is 0.138. The van der Waals surface area contributed by atoms with Gasteiger partial charge in [0.25, 0.3) is 5.91 Å². The fourth-order valence-corrected chi connectivity index (χ4v) is 3.58. The molecule has 2 aromatic carbocycles. The van der Waals surface area contributed by atoms with Crippen molar-refractivity contribution in [2.24, 2.45) is 5.16 Å². The lowest BCUT2D eigenvalue weighted by atomic mass is 9.95. The van der Waals surface area contributed by atoms with Crippen LogP contribution in [0.4, 0.5) is 13.2 Å². The van der Waals surface area contributed by atoms with E-state index in [0.29, 0.717) is 28.8 Å². The van der Waals surface area contributed by atoms with E-state index in [0.717, 1.165) is 6.07 Å². The van der Waals surface area contributed by atoms with Crippen molar-refractivity contribution in [1.29, 1.82) is 0 Å². The lowest BCUT2D eigenvalue weighted by Gasteiger charge is -2.22. The average Bonchev–Trinajstić information content (AvgIpc) is 3.10. The number of likely N-dealkylation sites (tertiary alicyclic amines) is 1. The van der Waals surface area contributed by atoms with Crippen LogP contribution in [0.25, 0.3) is 11.1 Å². The molecule has 0 unspecified atom stereocenters. The Morgan fingerprint density at radius 1 is 1.24 bits per heavy atom. The van der Waals surface area contributed by atoms with Crippen molar-refractivity contribution >= 4 is 11.6 Å². The molecule has 0 saturated carbocycles. The molecule has 3 rings (SSSR count). The first-order valence-electron chi connectivity index (χ1n) is 9.04. The summed E-state index contributed by atoms with van der Waals surface area (Å²) in [5, 5.41) is 13.4. The first-order valence-corrected chi connectivity index (χ1v) is 9.04. The summed E-state index contributed by atoms with van der Waals surface area (Å²) in [7, 11) is 1.42. The Kier molecular flexibility index (Phi) is 5.93. The van der Waals surface area contributed by atoms with Gasteiger partial charge in [0.1, 0.15) is 7.11 Å². The van der Waals surface area contributed by atoms with Gasteiger partial charge >= 0.3 is 6.18 Å². The number of hydrogen-bond donors (Lipinski definition) is 1. The number of oxime groups is 1. The molecule has 1 fully saturated rings. The zero-order chi connectivity index (χ0) is 21.2. The van der Waals surface area contributed by atoms with Crippen LogP contribution in [-0.2, 0) is 11.0 Å². The topological polar surface area (TPSA) is 62.1 Å². The zero-order valence-corrected chi connectivity index (χ0v) is 16.0. The second-order valence-corrected chi connectivity index (χ2v) is 6.87. The summed E-state index contributed by atoms with van der Waals surface area (Å²) in [6, 6.07) is 10.1. The number of nitrogens with zero attached hydrogens (tertiary/aromatic N) is 2. The van der Waals surface area contributed by atoms with Crippen LogP contribution >= 0.6 is 0 Å². The minimum atomic E-state index is -4.42. The summed E-state index contributed by atoms with van der Waals surface area (Å²) >= 11 is 0. The molecule has 1 saturated heterocycles. The highest BCUT2D eigenvalue weighted by Crippen LogP contribution is 2.36. The third-order valence-electron chi connectivity index (χ3n) is 5.04. The number of halogens is 3. The Morgan fingerprint density at radius 2 is 1.93 bits per heavy atom. The lowest BCUT2D eigenvalue weighted by molar-refractivity contribution is -0.138. The number of carbonyl (C=O) groups excluding carboxylic acids is 1. The van der Waals surface area contributed by atoms with E-state index in [4.69, 9.17) is 4.84 Å². The van der Waals surface area contributed by atoms with E-state index in [-0.39, 0.29) is 30.7 Å². The van der Waals surface area contributed by atoms with Gasteiger partial charge in [-0.15, -0.1) is 0 Å². The van der Waals surface area contributed by atoms with E-state index in [1.807, 2.05) is 0 Å². The van der Waals surface area contributed by atoms with E-state index < -0.39 is 11.7 Å². The highest BCUT2D eigenvalue weighted by atomic mass is 19.4. The number of amides is 1. The van der Waals surface area contributed by atoms with E-state index in [9.17, 15) is 23.1 Å². The summed E-state index contributed by atoms with van der Waals surface area (Å²) in [5.74, 6) is -0.280. The largest absolute Gasteiger partial charge is 0.416 e. The van der Waals surface area contributed by atoms with Crippen LogP contribution in [0.15, 0.2) is 47.6 Å². The van der Waals surface area contributed by atoms with Gasteiger partial charge in [-0.1, -0.05) is 29.4 Å². The fourth-order valence-electron chi connectivity index (χ4n) is 3.58. The third kappa shape index (κ3) is 4.27. The highest BCUT2D eigenvalue weighted by Gasteiger charge is 2.34. The predicted octanol–water partition coefficient (Wildman–Crippen LogP) is 3.89. The molecule has 1 amide bonds. The average molecular weight is 406 g/mol. The van der Waals surface area contributed by atoms with Crippen molar-refractivity contribution in [3.8, 4) is 11.1 Å². The lowest BCUT2D eigenvalue weighted by Crippen LogP contribution is -2.37. The number of carbonyl (C=O) groups is 1. The molecular formula is C21H21F3N2O3. The van der Waals surface area contributed by atoms with Gasteiger partial charge in [0.05, 0.1) is 30.5 Å².